The van der Waals surface area contributed by atoms with Crippen molar-refractivity contribution in [2.24, 2.45) is 22.9 Å². The zero-order chi connectivity index (χ0) is 43.8. The molecule has 0 saturated heterocycles. The summed E-state index contributed by atoms with van der Waals surface area (Å²) in [5, 5.41) is 24.7. The Hall–Kier alpha value is -3.99. The second kappa shape index (κ2) is 23.5. The molecule has 61 heavy (non-hydrogen) atoms. The van der Waals surface area contributed by atoms with Crippen molar-refractivity contribution in [3.63, 3.8) is 0 Å². The van der Waals surface area contributed by atoms with Crippen LogP contribution in [0.4, 0.5) is 0 Å². The lowest BCUT2D eigenvalue weighted by atomic mass is 9.55. The Morgan fingerprint density at radius 2 is 1.62 bits per heavy atom. The van der Waals surface area contributed by atoms with E-state index in [-0.39, 0.29) is 43.5 Å². The number of carbonyl (C=O) groups excluding carboxylic acids is 2. The van der Waals surface area contributed by atoms with E-state index < -0.39 is 23.3 Å². The van der Waals surface area contributed by atoms with Gasteiger partial charge >= 0.3 is 0 Å². The van der Waals surface area contributed by atoms with Gasteiger partial charge < -0.3 is 34.2 Å². The van der Waals surface area contributed by atoms with E-state index >= 15 is 0 Å². The Labute approximate surface area is 365 Å². The lowest BCUT2D eigenvalue weighted by Gasteiger charge is -2.59. The van der Waals surface area contributed by atoms with Gasteiger partial charge in [-0.25, -0.2) is 0 Å². The third-order valence-electron chi connectivity index (χ3n) is 12.7. The molecule has 6 unspecified atom stereocenters. The number of nitrogens with zero attached hydrogens (tertiary/aromatic N) is 2. The summed E-state index contributed by atoms with van der Waals surface area (Å²) in [6, 6.07) is 12.4. The van der Waals surface area contributed by atoms with Gasteiger partial charge in [0.1, 0.15) is 35.2 Å². The number of oxime groups is 1. The maximum Gasteiger partial charge on any atom is 0.239 e. The predicted octanol–water partition coefficient (Wildman–Crippen LogP) is 11.1. The van der Waals surface area contributed by atoms with E-state index in [4.69, 9.17) is 24.2 Å². The number of allylic oxidation sites excluding steroid dienone is 1. The number of hydrogen-bond donors (Lipinski definition) is 2. The molecule has 1 amide bonds. The first-order chi connectivity index (χ1) is 29.5. The molecule has 0 radical (unpaired) electrons. The van der Waals surface area contributed by atoms with Crippen molar-refractivity contribution >= 4 is 17.9 Å². The highest BCUT2D eigenvalue weighted by atomic mass is 16.7. The van der Waals surface area contributed by atoms with Crippen molar-refractivity contribution in [3.8, 4) is 17.2 Å². The Bertz CT molecular complexity index is 1780. The molecule has 0 bridgehead atoms. The Balaban J connectivity index is 1.62. The topological polar surface area (TPSA) is 127 Å². The van der Waals surface area contributed by atoms with Gasteiger partial charge in [-0.3, -0.25) is 9.59 Å². The molecule has 1 saturated carbocycles. The number of aliphatic hydroxyl groups is 2. The average molecular weight is 843 g/mol. The molecule has 2 aromatic rings. The standard InChI is InChI=1S/C51H74N2O8/c1-7-9-10-11-12-13-14-15-16-26-47(57)53(6)46-35-44(52-61-50(3,4)5)42-33-38(23-17-19-29-54)41(25-18-20-30-55)48-43-34-40(59-39-24-21-22-37(32-39)36-56)27-28-45(43)60-51(46,49(42)48)58-31-8-2/h8,21-22,24,27-28,32-34,36,38,41,46,48-49,54-55H,2,7,9-20,23,25-26,29-31,35H2,1,3-6H3. The summed E-state index contributed by atoms with van der Waals surface area (Å²) in [7, 11) is 1.88. The molecule has 2 aliphatic carbocycles. The number of unbranched alkanes of at least 4 members (excludes halogenated alkanes) is 10. The smallest absolute Gasteiger partial charge is 0.239 e. The summed E-state index contributed by atoms with van der Waals surface area (Å²) >= 11 is 0. The maximum atomic E-state index is 14.4. The maximum absolute atomic E-state index is 14.4. The first-order valence-corrected chi connectivity index (χ1v) is 23.3. The van der Waals surface area contributed by atoms with Crippen LogP contribution in [0.25, 0.3) is 0 Å². The number of aliphatic hydroxyl groups excluding tert-OH is 2. The van der Waals surface area contributed by atoms with Crippen molar-refractivity contribution in [2.75, 3.05) is 26.9 Å². The van der Waals surface area contributed by atoms with Crippen LogP contribution < -0.4 is 9.47 Å². The molecule has 3 aliphatic rings. The zero-order valence-corrected chi connectivity index (χ0v) is 37.7. The van der Waals surface area contributed by atoms with E-state index in [0.29, 0.717) is 48.5 Å². The van der Waals surface area contributed by atoms with Gasteiger partial charge in [0.25, 0.3) is 0 Å². The van der Waals surface area contributed by atoms with Gasteiger partial charge in [-0.2, -0.15) is 0 Å². The molecular formula is C51H74N2O8. The largest absolute Gasteiger partial charge is 0.459 e. The number of carbonyl (C=O) groups is 2. The fourth-order valence-corrected chi connectivity index (χ4v) is 9.71. The summed E-state index contributed by atoms with van der Waals surface area (Å²) in [5.74, 6) is 0.208. The number of aldehydes is 1. The van der Waals surface area contributed by atoms with E-state index in [2.05, 4.69) is 25.6 Å². The molecular weight excluding hydrogens is 769 g/mol. The van der Waals surface area contributed by atoms with Crippen LogP contribution in [0, 0.1) is 17.8 Å². The monoisotopic (exact) mass is 843 g/mol. The van der Waals surface area contributed by atoms with Crippen LogP contribution in [-0.4, -0.2) is 77.3 Å². The summed E-state index contributed by atoms with van der Waals surface area (Å²) in [6.45, 7) is 12.7. The number of amides is 1. The van der Waals surface area contributed by atoms with E-state index in [0.717, 1.165) is 68.1 Å². The normalized spacial score (nSPS) is 23.6. The van der Waals surface area contributed by atoms with E-state index in [9.17, 15) is 19.8 Å². The van der Waals surface area contributed by atoms with Crippen molar-refractivity contribution in [1.82, 2.24) is 4.90 Å². The summed E-state index contributed by atoms with van der Waals surface area (Å²) < 4.78 is 20.8. The molecule has 10 heteroatoms. The quantitative estimate of drug-likeness (QED) is 0.0415. The zero-order valence-electron chi connectivity index (χ0n) is 37.7. The van der Waals surface area contributed by atoms with Crippen LogP contribution in [0.2, 0.25) is 0 Å². The first-order valence-electron chi connectivity index (χ1n) is 23.3. The van der Waals surface area contributed by atoms with Crippen LogP contribution in [-0.2, 0) is 14.4 Å². The minimum absolute atomic E-state index is 0.0440. The SMILES string of the molecule is C=CCOC12Oc3ccc(Oc4cccc(C=O)c4)cc3C3C(CCCCO)C(CCCCO)C=C(C(=NOC(C)(C)C)CC1N(C)C(=O)CCCCCCCCCCC)C32. The fourth-order valence-electron chi connectivity index (χ4n) is 9.71. The van der Waals surface area contributed by atoms with Gasteiger partial charge in [-0.05, 0) is 101 Å². The van der Waals surface area contributed by atoms with E-state index in [1.165, 1.54) is 38.5 Å². The molecule has 0 spiro atoms. The average Bonchev–Trinajstić information content (AvgIpc) is 3.25. The molecule has 0 aromatic heterocycles. The second-order valence-corrected chi connectivity index (χ2v) is 18.4. The Morgan fingerprint density at radius 3 is 2.30 bits per heavy atom. The van der Waals surface area contributed by atoms with Gasteiger partial charge in [0.15, 0.2) is 0 Å². The Kier molecular flexibility index (Phi) is 18.5. The molecule has 5 rings (SSSR count). The number of benzene rings is 2. The molecule has 336 valence electrons. The second-order valence-electron chi connectivity index (χ2n) is 18.4. The molecule has 2 N–H and O–H groups in total. The van der Waals surface area contributed by atoms with Gasteiger partial charge in [0.05, 0.1) is 18.2 Å². The molecule has 2 aromatic carbocycles. The van der Waals surface area contributed by atoms with Crippen molar-refractivity contribution in [1.29, 1.82) is 0 Å². The number of ether oxygens (including phenoxy) is 3. The van der Waals surface area contributed by atoms with Gasteiger partial charge in [-0.15, -0.1) is 6.58 Å². The molecule has 1 aliphatic heterocycles. The van der Waals surface area contributed by atoms with Gasteiger partial charge in [-0.1, -0.05) is 101 Å². The van der Waals surface area contributed by atoms with Gasteiger partial charge in [0.2, 0.25) is 11.7 Å². The van der Waals surface area contributed by atoms with Crippen molar-refractivity contribution in [3.05, 3.63) is 77.9 Å². The van der Waals surface area contributed by atoms with Crippen LogP contribution in [0.15, 0.2) is 71.9 Å². The van der Waals surface area contributed by atoms with Crippen LogP contribution >= 0.6 is 0 Å². The highest BCUT2D eigenvalue weighted by molar-refractivity contribution is 6.03. The minimum Gasteiger partial charge on any atom is -0.459 e. The van der Waals surface area contributed by atoms with E-state index in [1.807, 2.05) is 50.9 Å². The van der Waals surface area contributed by atoms with Crippen LogP contribution in [0.5, 0.6) is 17.2 Å². The number of likely N-dealkylation sites (N-methyl/N-ethyl adjacent to an activating group) is 1. The summed E-state index contributed by atoms with van der Waals surface area (Å²) in [5.41, 5.74) is 2.71. The van der Waals surface area contributed by atoms with Crippen molar-refractivity contribution in [2.45, 2.75) is 160 Å². The third-order valence-corrected chi connectivity index (χ3v) is 12.7. The lowest BCUT2D eigenvalue weighted by molar-refractivity contribution is -0.255. The highest BCUT2D eigenvalue weighted by Crippen LogP contribution is 2.62. The molecule has 6 atom stereocenters. The molecule has 1 fully saturated rings. The number of hydrogen-bond acceptors (Lipinski definition) is 9. The Morgan fingerprint density at radius 1 is 0.934 bits per heavy atom. The van der Waals surface area contributed by atoms with Gasteiger partial charge in [0, 0.05) is 50.1 Å². The molecule has 1 heterocycles. The molecule has 10 nitrogen and oxygen atoms in total. The first kappa shape index (κ1) is 48.0. The minimum atomic E-state index is -1.30. The number of rotatable bonds is 26. The lowest BCUT2D eigenvalue weighted by Crippen LogP contribution is -2.69. The highest BCUT2D eigenvalue weighted by Gasteiger charge is 2.65. The predicted molar refractivity (Wildman–Crippen MR) is 242 cm³/mol. The summed E-state index contributed by atoms with van der Waals surface area (Å²) in [4.78, 5) is 34.1. The third kappa shape index (κ3) is 12.6. The summed E-state index contributed by atoms with van der Waals surface area (Å²) in [6.07, 6.45) is 21.0. The van der Waals surface area contributed by atoms with E-state index in [1.54, 1.807) is 24.3 Å². The number of fused-ring (bicyclic) bond motifs is 2. The van der Waals surface area contributed by atoms with Crippen molar-refractivity contribution < 1.29 is 38.9 Å². The fraction of sp³-hybridized carbons (Fsp3) is 0.627. The van der Waals surface area contributed by atoms with Crippen LogP contribution in [0.1, 0.15) is 159 Å². The van der Waals surface area contributed by atoms with Crippen LogP contribution in [0.3, 0.4) is 0 Å².